The minimum Gasteiger partial charge on any atom is -0.488 e. The normalized spacial score (nSPS) is 15.0. The molecule has 9 nitrogen and oxygen atoms in total. The van der Waals surface area contributed by atoms with Crippen LogP contribution in [0.5, 0.6) is 17.2 Å². The molecule has 6 rings (SSSR count). The van der Waals surface area contributed by atoms with E-state index in [4.69, 9.17) is 14.2 Å². The van der Waals surface area contributed by atoms with Crippen molar-refractivity contribution in [3.8, 4) is 17.2 Å². The van der Waals surface area contributed by atoms with E-state index in [0.717, 1.165) is 28.5 Å². The summed E-state index contributed by atoms with van der Waals surface area (Å²) in [6.07, 6.45) is 8.17. The fraction of sp³-hybridized carbons (Fsp3) is 0.122. The number of nitrogens with zero attached hydrogens (tertiary/aromatic N) is 2. The Kier molecular flexibility index (Phi) is 11.2. The summed E-state index contributed by atoms with van der Waals surface area (Å²) in [5, 5.41) is 3.19. The Hall–Kier alpha value is -6.13. The van der Waals surface area contributed by atoms with E-state index in [0.29, 0.717) is 28.5 Å². The molecule has 3 amide bonds. The maximum absolute atomic E-state index is 14.2. The molecule has 4 aromatic carbocycles. The van der Waals surface area contributed by atoms with Crippen LogP contribution in [0.1, 0.15) is 35.2 Å². The van der Waals surface area contributed by atoms with Crippen LogP contribution in [-0.2, 0) is 21.0 Å². The number of aliphatic imine (C=N–C) groups is 1. The van der Waals surface area contributed by atoms with E-state index in [1.165, 1.54) is 11.0 Å². The van der Waals surface area contributed by atoms with Crippen LogP contribution >= 0.6 is 11.8 Å². The Morgan fingerprint density at radius 1 is 0.961 bits per heavy atom. The zero-order chi connectivity index (χ0) is 35.6. The number of para-hydroxylation sites is 1. The molecule has 2 heterocycles. The van der Waals surface area contributed by atoms with Crippen molar-refractivity contribution in [2.45, 2.75) is 19.6 Å². The number of allylic oxidation sites excluding steroid dienone is 4. The Labute approximate surface area is 300 Å². The monoisotopic (exact) mass is 697 g/mol. The molecule has 0 radical (unpaired) electrons. The van der Waals surface area contributed by atoms with Crippen molar-refractivity contribution in [1.82, 2.24) is 10.2 Å². The van der Waals surface area contributed by atoms with Gasteiger partial charge in [0.2, 0.25) is 12.7 Å². The number of carbonyl (C=O) groups is 3. The van der Waals surface area contributed by atoms with Crippen LogP contribution in [0, 0.1) is 0 Å². The van der Waals surface area contributed by atoms with Gasteiger partial charge in [0.05, 0.1) is 11.8 Å². The largest absolute Gasteiger partial charge is 0.488 e. The summed E-state index contributed by atoms with van der Waals surface area (Å²) in [5.74, 6) is 0.0961. The maximum atomic E-state index is 14.2. The van der Waals surface area contributed by atoms with Crippen LogP contribution in [-0.4, -0.2) is 40.3 Å². The first kappa shape index (κ1) is 34.7. The Morgan fingerprint density at radius 3 is 2.35 bits per heavy atom. The lowest BCUT2D eigenvalue weighted by molar-refractivity contribution is -0.126. The maximum Gasteiger partial charge on any atom is 0.285 e. The third-order valence-corrected chi connectivity index (χ3v) is 8.90. The van der Waals surface area contributed by atoms with E-state index in [9.17, 15) is 14.4 Å². The first-order valence-electron chi connectivity index (χ1n) is 16.2. The summed E-state index contributed by atoms with van der Waals surface area (Å²) in [5.41, 5.74) is 3.54. The van der Waals surface area contributed by atoms with Crippen LogP contribution in [0.3, 0.4) is 0 Å². The van der Waals surface area contributed by atoms with Crippen molar-refractivity contribution >= 4 is 40.7 Å². The molecule has 0 bridgehead atoms. The molecule has 51 heavy (non-hydrogen) atoms. The van der Waals surface area contributed by atoms with Gasteiger partial charge in [0.15, 0.2) is 16.7 Å². The number of hydrogen-bond acceptors (Lipinski definition) is 7. The SMILES string of the molecule is C=C/C=C\C(=C/C)N1C(=O)/C(=C/c2ccccc2OCc2ccc3c(c2)OCO3)C(=O)N=C1SCC(=O)NC(c1ccccc1)c1ccccc1. The molecule has 0 spiro atoms. The van der Waals surface area contributed by atoms with Crippen molar-refractivity contribution in [1.29, 1.82) is 0 Å². The van der Waals surface area contributed by atoms with Crippen LogP contribution in [0.15, 0.2) is 150 Å². The first-order chi connectivity index (χ1) is 24.9. The van der Waals surface area contributed by atoms with Crippen molar-refractivity contribution in [2.75, 3.05) is 12.5 Å². The summed E-state index contributed by atoms with van der Waals surface area (Å²) < 4.78 is 17.0. The summed E-state index contributed by atoms with van der Waals surface area (Å²) in [6, 6.07) is 31.6. The molecule has 0 aromatic heterocycles. The number of nitrogens with one attached hydrogen (secondary N) is 1. The quantitative estimate of drug-likeness (QED) is 0.0935. The highest BCUT2D eigenvalue weighted by atomic mass is 32.2. The highest BCUT2D eigenvalue weighted by Gasteiger charge is 2.35. The lowest BCUT2D eigenvalue weighted by atomic mass is 9.99. The van der Waals surface area contributed by atoms with E-state index in [2.05, 4.69) is 16.9 Å². The summed E-state index contributed by atoms with van der Waals surface area (Å²) >= 11 is 1.01. The topological polar surface area (TPSA) is 107 Å². The molecule has 0 saturated carbocycles. The zero-order valence-corrected chi connectivity index (χ0v) is 28.7. The van der Waals surface area contributed by atoms with Crippen LogP contribution < -0.4 is 19.5 Å². The van der Waals surface area contributed by atoms with Gasteiger partial charge in [0.1, 0.15) is 17.9 Å². The number of carbonyl (C=O) groups excluding carboxylic acids is 3. The predicted octanol–water partition coefficient (Wildman–Crippen LogP) is 7.39. The van der Waals surface area contributed by atoms with Gasteiger partial charge in [0.25, 0.3) is 11.8 Å². The molecule has 256 valence electrons. The van der Waals surface area contributed by atoms with Gasteiger partial charge in [-0.15, -0.1) is 0 Å². The minimum absolute atomic E-state index is 0.0856. The number of fused-ring (bicyclic) bond motifs is 1. The van der Waals surface area contributed by atoms with Gasteiger partial charge < -0.3 is 19.5 Å². The molecule has 2 aliphatic heterocycles. The molecule has 1 N–H and O–H groups in total. The van der Waals surface area contributed by atoms with Gasteiger partial charge in [-0.1, -0.05) is 121 Å². The van der Waals surface area contributed by atoms with E-state index in [1.807, 2.05) is 84.9 Å². The molecule has 0 fully saturated rings. The fourth-order valence-electron chi connectivity index (χ4n) is 5.47. The van der Waals surface area contributed by atoms with Crippen molar-refractivity contribution < 1.29 is 28.6 Å². The molecule has 10 heteroatoms. The van der Waals surface area contributed by atoms with E-state index in [-0.39, 0.29) is 35.8 Å². The molecular weight excluding hydrogens is 663 g/mol. The van der Waals surface area contributed by atoms with Gasteiger partial charge in [0, 0.05) is 11.3 Å². The number of benzene rings is 4. The highest BCUT2D eigenvalue weighted by Crippen LogP contribution is 2.34. The Balaban J connectivity index is 1.24. The second-order valence-corrected chi connectivity index (χ2v) is 12.3. The standard InChI is InChI=1S/C41H35N3O6S/c1-3-5-19-32(4-2)44-40(47)33(24-31-18-12-13-20-34(31)48-25-28-21-22-35-36(23-28)50-27-49-35)39(46)43-41(44)51-26-37(45)42-38(29-14-8-6-9-15-29)30-16-10-7-11-17-30/h3-24,38H,1,25-27H2,2H3,(H,42,45)/b19-5-,32-4+,33-24+. The zero-order valence-electron chi connectivity index (χ0n) is 27.9. The van der Waals surface area contributed by atoms with Crippen molar-refractivity contribution in [2.24, 2.45) is 4.99 Å². The molecule has 0 unspecified atom stereocenters. The van der Waals surface area contributed by atoms with Gasteiger partial charge in [-0.05, 0) is 54.0 Å². The number of ether oxygens (including phenoxy) is 3. The van der Waals surface area contributed by atoms with E-state index in [1.54, 1.807) is 49.4 Å². The van der Waals surface area contributed by atoms with E-state index < -0.39 is 17.9 Å². The van der Waals surface area contributed by atoms with Gasteiger partial charge in [-0.3, -0.25) is 19.3 Å². The molecule has 0 saturated heterocycles. The summed E-state index contributed by atoms with van der Waals surface area (Å²) in [7, 11) is 0. The lowest BCUT2D eigenvalue weighted by Crippen LogP contribution is -2.42. The lowest BCUT2D eigenvalue weighted by Gasteiger charge is -2.28. The number of thioether (sulfide) groups is 1. The average Bonchev–Trinajstić information content (AvgIpc) is 3.64. The highest BCUT2D eigenvalue weighted by molar-refractivity contribution is 8.14. The first-order valence-corrected chi connectivity index (χ1v) is 17.2. The van der Waals surface area contributed by atoms with Gasteiger partial charge in [-0.2, -0.15) is 4.99 Å². The van der Waals surface area contributed by atoms with Gasteiger partial charge in [-0.25, -0.2) is 0 Å². The molecule has 2 aliphatic rings. The smallest absolute Gasteiger partial charge is 0.285 e. The number of hydrogen-bond donors (Lipinski definition) is 1. The Bertz CT molecular complexity index is 2020. The number of amidine groups is 1. The summed E-state index contributed by atoms with van der Waals surface area (Å²) in [6.45, 7) is 5.90. The second-order valence-electron chi connectivity index (χ2n) is 11.3. The van der Waals surface area contributed by atoms with Crippen LogP contribution in [0.25, 0.3) is 6.08 Å². The molecular formula is C41H35N3O6S. The average molecular weight is 698 g/mol. The fourth-order valence-corrected chi connectivity index (χ4v) is 6.28. The van der Waals surface area contributed by atoms with E-state index >= 15 is 0 Å². The third-order valence-electron chi connectivity index (χ3n) is 7.96. The number of amides is 3. The van der Waals surface area contributed by atoms with Gasteiger partial charge >= 0.3 is 0 Å². The number of rotatable bonds is 12. The van der Waals surface area contributed by atoms with Crippen molar-refractivity contribution in [3.05, 3.63) is 168 Å². The second kappa shape index (κ2) is 16.5. The molecule has 0 aliphatic carbocycles. The Morgan fingerprint density at radius 2 is 1.65 bits per heavy atom. The third kappa shape index (κ3) is 8.37. The molecule has 4 aromatic rings. The minimum atomic E-state index is -0.723. The van der Waals surface area contributed by atoms with Crippen LogP contribution in [0.4, 0.5) is 0 Å². The van der Waals surface area contributed by atoms with Crippen LogP contribution in [0.2, 0.25) is 0 Å². The predicted molar refractivity (Wildman–Crippen MR) is 199 cm³/mol. The summed E-state index contributed by atoms with van der Waals surface area (Å²) in [4.78, 5) is 46.8. The molecule has 0 atom stereocenters. The van der Waals surface area contributed by atoms with Crippen molar-refractivity contribution in [3.63, 3.8) is 0 Å².